The first-order valence-corrected chi connectivity index (χ1v) is 7.33. The number of amides is 1. The van der Waals surface area contributed by atoms with Crippen LogP contribution in [0.15, 0.2) is 24.3 Å². The topological polar surface area (TPSA) is 75.6 Å². The highest BCUT2D eigenvalue weighted by Gasteiger charge is 2.28. The van der Waals surface area contributed by atoms with E-state index in [1.807, 2.05) is 6.92 Å². The molecule has 0 heterocycles. The number of rotatable bonds is 7. The molecule has 5 nitrogen and oxygen atoms in total. The molecule has 5 heteroatoms. The maximum Gasteiger partial charge on any atom is 0.335 e. The second kappa shape index (κ2) is 7.22. The summed E-state index contributed by atoms with van der Waals surface area (Å²) in [6.45, 7) is 3.41. The average molecular weight is 291 g/mol. The van der Waals surface area contributed by atoms with E-state index in [2.05, 4.69) is 5.32 Å². The van der Waals surface area contributed by atoms with Gasteiger partial charge in [-0.05, 0) is 56.4 Å². The molecule has 1 amide bonds. The van der Waals surface area contributed by atoms with Gasteiger partial charge in [-0.3, -0.25) is 4.79 Å². The highest BCUT2D eigenvalue weighted by atomic mass is 16.5. The molecular formula is C16H21NO4. The Morgan fingerprint density at radius 3 is 2.43 bits per heavy atom. The van der Waals surface area contributed by atoms with Crippen molar-refractivity contribution >= 4 is 11.9 Å². The van der Waals surface area contributed by atoms with Crippen LogP contribution in [0.4, 0.5) is 0 Å². The molecule has 0 aromatic heterocycles. The van der Waals surface area contributed by atoms with Crippen molar-refractivity contribution in [2.75, 3.05) is 13.2 Å². The number of carbonyl (C=O) groups excluding carboxylic acids is 1. The Bertz CT molecular complexity index is 492. The van der Waals surface area contributed by atoms with Crippen LogP contribution < -0.4 is 5.32 Å². The van der Waals surface area contributed by atoms with Gasteiger partial charge >= 0.3 is 5.97 Å². The van der Waals surface area contributed by atoms with Crippen LogP contribution in [0.1, 0.15) is 46.9 Å². The Labute approximate surface area is 124 Å². The van der Waals surface area contributed by atoms with Crippen LogP contribution in [0.2, 0.25) is 0 Å². The number of hydrogen-bond acceptors (Lipinski definition) is 3. The smallest absolute Gasteiger partial charge is 0.335 e. The third-order valence-corrected chi connectivity index (χ3v) is 3.83. The molecule has 2 rings (SSSR count). The number of carbonyl (C=O) groups is 2. The maximum absolute atomic E-state index is 11.9. The summed E-state index contributed by atoms with van der Waals surface area (Å²) in [7, 11) is 0. The lowest BCUT2D eigenvalue weighted by molar-refractivity contribution is -0.0261. The van der Waals surface area contributed by atoms with Crippen LogP contribution in [0.25, 0.3) is 0 Å². The molecule has 0 aliphatic heterocycles. The second-order valence-electron chi connectivity index (χ2n) is 5.34. The van der Waals surface area contributed by atoms with Gasteiger partial charge in [-0.25, -0.2) is 4.79 Å². The van der Waals surface area contributed by atoms with E-state index in [0.717, 1.165) is 25.9 Å². The van der Waals surface area contributed by atoms with Crippen LogP contribution in [0.3, 0.4) is 0 Å². The van der Waals surface area contributed by atoms with Gasteiger partial charge in [0.1, 0.15) is 0 Å². The predicted molar refractivity (Wildman–Crippen MR) is 78.5 cm³/mol. The molecule has 2 N–H and O–H groups in total. The summed E-state index contributed by atoms with van der Waals surface area (Å²) in [4.78, 5) is 22.6. The Morgan fingerprint density at radius 2 is 1.86 bits per heavy atom. The van der Waals surface area contributed by atoms with Gasteiger partial charge in [-0.15, -0.1) is 0 Å². The molecule has 0 saturated heterocycles. The molecule has 1 saturated carbocycles. The Kier molecular flexibility index (Phi) is 5.33. The zero-order valence-corrected chi connectivity index (χ0v) is 12.2. The van der Waals surface area contributed by atoms with Crippen molar-refractivity contribution in [3.63, 3.8) is 0 Å². The lowest BCUT2D eigenvalue weighted by Gasteiger charge is -2.34. The average Bonchev–Trinajstić information content (AvgIpc) is 2.44. The van der Waals surface area contributed by atoms with Crippen molar-refractivity contribution in [2.24, 2.45) is 5.92 Å². The number of nitrogens with one attached hydrogen (secondary N) is 1. The fourth-order valence-electron chi connectivity index (χ4n) is 2.54. The largest absolute Gasteiger partial charge is 0.478 e. The molecule has 1 aliphatic rings. The summed E-state index contributed by atoms with van der Waals surface area (Å²) in [5.41, 5.74) is 0.670. The fourth-order valence-corrected chi connectivity index (χ4v) is 2.54. The van der Waals surface area contributed by atoms with E-state index in [1.54, 1.807) is 0 Å². The maximum atomic E-state index is 11.9. The zero-order chi connectivity index (χ0) is 15.2. The molecular weight excluding hydrogens is 270 g/mol. The number of carboxylic acids is 1. The fraction of sp³-hybridized carbons (Fsp3) is 0.500. The number of aromatic carboxylic acids is 1. The Balaban J connectivity index is 1.69. The quantitative estimate of drug-likeness (QED) is 0.808. The molecule has 1 fully saturated rings. The summed E-state index contributed by atoms with van der Waals surface area (Å²) < 4.78 is 5.50. The monoisotopic (exact) mass is 291 g/mol. The molecule has 0 unspecified atom stereocenters. The number of carboxylic acid groups (broad SMARTS) is 1. The zero-order valence-electron chi connectivity index (χ0n) is 12.2. The van der Waals surface area contributed by atoms with Crippen LogP contribution in [0, 0.1) is 5.92 Å². The Hall–Kier alpha value is -1.88. The molecule has 0 bridgehead atoms. The summed E-state index contributed by atoms with van der Waals surface area (Å²) in [6.07, 6.45) is 3.52. The van der Waals surface area contributed by atoms with E-state index in [9.17, 15) is 9.59 Å². The first-order chi connectivity index (χ1) is 10.1. The Morgan fingerprint density at radius 1 is 1.24 bits per heavy atom. The van der Waals surface area contributed by atoms with E-state index < -0.39 is 5.97 Å². The molecule has 1 aromatic rings. The van der Waals surface area contributed by atoms with Gasteiger partial charge in [0.2, 0.25) is 0 Å². The van der Waals surface area contributed by atoms with Gasteiger partial charge in [-0.1, -0.05) is 0 Å². The standard InChI is InChI=1S/C16H21NO4/c1-2-21-14-9-11(10-14)7-8-17-15(18)12-3-5-13(6-4-12)16(19)20/h3-6,11,14H,2,7-10H2,1H3,(H,17,18)(H,19,20). The lowest BCUT2D eigenvalue weighted by Crippen LogP contribution is -2.34. The van der Waals surface area contributed by atoms with Crippen molar-refractivity contribution in [3.8, 4) is 0 Å². The minimum atomic E-state index is -0.990. The molecule has 1 aliphatic carbocycles. The van der Waals surface area contributed by atoms with E-state index in [-0.39, 0.29) is 11.5 Å². The SMILES string of the molecule is CCOC1CC(CCNC(=O)c2ccc(C(=O)O)cc2)C1. The van der Waals surface area contributed by atoms with Crippen LogP contribution in [-0.4, -0.2) is 36.2 Å². The van der Waals surface area contributed by atoms with Crippen molar-refractivity contribution < 1.29 is 19.4 Å². The predicted octanol–water partition coefficient (Wildman–Crippen LogP) is 2.32. The van der Waals surface area contributed by atoms with Crippen LogP contribution in [-0.2, 0) is 4.74 Å². The molecule has 0 atom stereocenters. The van der Waals surface area contributed by atoms with Crippen LogP contribution in [0.5, 0.6) is 0 Å². The molecule has 1 aromatic carbocycles. The highest BCUT2D eigenvalue weighted by molar-refractivity contribution is 5.95. The number of ether oxygens (including phenoxy) is 1. The van der Waals surface area contributed by atoms with Crippen molar-refractivity contribution in [3.05, 3.63) is 35.4 Å². The van der Waals surface area contributed by atoms with Gasteiger partial charge in [0, 0.05) is 18.7 Å². The summed E-state index contributed by atoms with van der Waals surface area (Å²) in [5, 5.41) is 11.7. The number of hydrogen-bond donors (Lipinski definition) is 2. The first-order valence-electron chi connectivity index (χ1n) is 7.33. The van der Waals surface area contributed by atoms with Gasteiger partial charge in [-0.2, -0.15) is 0 Å². The summed E-state index contributed by atoms with van der Waals surface area (Å²) in [5.74, 6) is -0.514. The lowest BCUT2D eigenvalue weighted by atomic mass is 9.80. The molecule has 114 valence electrons. The van der Waals surface area contributed by atoms with Gasteiger partial charge < -0.3 is 15.2 Å². The van der Waals surface area contributed by atoms with Crippen molar-refractivity contribution in [2.45, 2.75) is 32.3 Å². The first kappa shape index (κ1) is 15.5. The van der Waals surface area contributed by atoms with Crippen LogP contribution >= 0.6 is 0 Å². The number of benzene rings is 1. The van der Waals surface area contributed by atoms with E-state index in [1.165, 1.54) is 24.3 Å². The highest BCUT2D eigenvalue weighted by Crippen LogP contribution is 2.32. The van der Waals surface area contributed by atoms with E-state index in [0.29, 0.717) is 24.1 Å². The second-order valence-corrected chi connectivity index (χ2v) is 5.34. The van der Waals surface area contributed by atoms with Crippen molar-refractivity contribution in [1.29, 1.82) is 0 Å². The normalized spacial score (nSPS) is 20.6. The van der Waals surface area contributed by atoms with E-state index in [4.69, 9.17) is 9.84 Å². The minimum absolute atomic E-state index is 0.160. The third-order valence-electron chi connectivity index (χ3n) is 3.83. The summed E-state index contributed by atoms with van der Waals surface area (Å²) in [6, 6.07) is 5.95. The summed E-state index contributed by atoms with van der Waals surface area (Å²) >= 11 is 0. The molecule has 21 heavy (non-hydrogen) atoms. The van der Waals surface area contributed by atoms with Gasteiger partial charge in [0.25, 0.3) is 5.91 Å². The van der Waals surface area contributed by atoms with Gasteiger partial charge in [0.05, 0.1) is 11.7 Å². The van der Waals surface area contributed by atoms with E-state index >= 15 is 0 Å². The van der Waals surface area contributed by atoms with Gasteiger partial charge in [0.15, 0.2) is 0 Å². The molecule has 0 spiro atoms. The third kappa shape index (κ3) is 4.29. The van der Waals surface area contributed by atoms with Crippen molar-refractivity contribution in [1.82, 2.24) is 5.32 Å². The molecule has 0 radical (unpaired) electrons. The minimum Gasteiger partial charge on any atom is -0.478 e.